The topological polar surface area (TPSA) is 92.4 Å². The first-order valence-corrected chi connectivity index (χ1v) is 5.71. The number of rotatable bonds is 2. The summed E-state index contributed by atoms with van der Waals surface area (Å²) in [6.45, 7) is 0. The van der Waals surface area contributed by atoms with Gasteiger partial charge in [0.2, 0.25) is 0 Å². The van der Waals surface area contributed by atoms with E-state index in [1.54, 1.807) is 6.07 Å². The Balaban J connectivity index is 2.78. The largest absolute Gasteiger partial charge is 0.478 e. The third-order valence-corrected chi connectivity index (χ3v) is 2.84. The van der Waals surface area contributed by atoms with Crippen LogP contribution in [0.25, 0.3) is 10.9 Å². The monoisotopic (exact) mass is 298 g/mol. The summed E-state index contributed by atoms with van der Waals surface area (Å²) >= 11 is 3.20. The highest BCUT2D eigenvalue weighted by molar-refractivity contribution is 9.08. The number of halogens is 1. The maximum atomic E-state index is 11.0. The van der Waals surface area contributed by atoms with Gasteiger partial charge in [0.1, 0.15) is 0 Å². The summed E-state index contributed by atoms with van der Waals surface area (Å²) in [5.74, 6) is -1.11. The number of aromatic nitrogens is 2. The van der Waals surface area contributed by atoms with Crippen molar-refractivity contribution in [2.45, 2.75) is 5.33 Å². The van der Waals surface area contributed by atoms with E-state index in [-0.39, 0.29) is 11.1 Å². The van der Waals surface area contributed by atoms with E-state index in [4.69, 9.17) is 10.2 Å². The minimum atomic E-state index is -1.25. The molecule has 0 fully saturated rings. The number of carboxylic acid groups (broad SMARTS) is 2. The Labute approximate surface area is 104 Å². The van der Waals surface area contributed by atoms with Gasteiger partial charge in [-0.3, -0.25) is 0 Å². The molecule has 0 amide bonds. The number of carbonyl (C=O) groups is 2. The average molecular weight is 299 g/mol. The van der Waals surface area contributed by atoms with Crippen LogP contribution in [0.1, 0.15) is 16.1 Å². The van der Waals surface area contributed by atoms with Crippen LogP contribution in [0.2, 0.25) is 0 Å². The molecule has 0 spiro atoms. The quantitative estimate of drug-likeness (QED) is 0.829. The highest BCUT2D eigenvalue weighted by Crippen LogP contribution is 2.22. The van der Waals surface area contributed by atoms with Crippen molar-refractivity contribution >= 4 is 38.9 Å². The van der Waals surface area contributed by atoms with Crippen molar-refractivity contribution in [2.24, 2.45) is 0 Å². The fourth-order valence-corrected chi connectivity index (χ4v) is 1.97. The standard InChI is InChI=1S/C10H7BrN2O4/c11-4-7-6-2-1-5(9(14)15)3-8(6)13(12-7)10(16)17/h1-3H,4H2,(H,14,15)(H,16,17). The van der Waals surface area contributed by atoms with Crippen LogP contribution in [0, 0.1) is 0 Å². The lowest BCUT2D eigenvalue weighted by molar-refractivity contribution is 0.0697. The van der Waals surface area contributed by atoms with E-state index in [1.807, 2.05) is 0 Å². The van der Waals surface area contributed by atoms with Crippen LogP contribution in [0.15, 0.2) is 18.2 Å². The Kier molecular flexibility index (Phi) is 2.84. The van der Waals surface area contributed by atoms with Gasteiger partial charge in [0.05, 0.1) is 16.8 Å². The summed E-state index contributed by atoms with van der Waals surface area (Å²) in [4.78, 5) is 21.8. The molecule has 0 aliphatic heterocycles. The summed E-state index contributed by atoms with van der Waals surface area (Å²) in [5.41, 5.74) is 0.854. The molecule has 0 saturated heterocycles. The van der Waals surface area contributed by atoms with Crippen molar-refractivity contribution in [2.75, 3.05) is 0 Å². The van der Waals surface area contributed by atoms with Crippen LogP contribution in [0.5, 0.6) is 0 Å². The molecule has 2 N–H and O–H groups in total. The third kappa shape index (κ3) is 1.89. The van der Waals surface area contributed by atoms with Crippen molar-refractivity contribution in [3.63, 3.8) is 0 Å². The van der Waals surface area contributed by atoms with Gasteiger partial charge >= 0.3 is 12.1 Å². The lowest BCUT2D eigenvalue weighted by Gasteiger charge is -1.97. The maximum Gasteiger partial charge on any atom is 0.432 e. The molecule has 1 aromatic heterocycles. The Bertz CT molecular complexity index is 620. The number of fused-ring (bicyclic) bond motifs is 1. The molecule has 0 aliphatic rings. The lowest BCUT2D eigenvalue weighted by Crippen LogP contribution is -2.10. The van der Waals surface area contributed by atoms with E-state index < -0.39 is 12.1 Å². The fraction of sp³-hybridized carbons (Fsp3) is 0.100. The van der Waals surface area contributed by atoms with Gasteiger partial charge in [0.15, 0.2) is 0 Å². The van der Waals surface area contributed by atoms with Gasteiger partial charge in [-0.25, -0.2) is 9.59 Å². The normalized spacial score (nSPS) is 10.6. The zero-order valence-electron chi connectivity index (χ0n) is 8.42. The van der Waals surface area contributed by atoms with E-state index in [9.17, 15) is 9.59 Å². The number of nitrogens with zero attached hydrogens (tertiary/aromatic N) is 2. The summed E-state index contributed by atoms with van der Waals surface area (Å²) < 4.78 is 0.776. The molecule has 6 nitrogen and oxygen atoms in total. The van der Waals surface area contributed by atoms with E-state index in [0.717, 1.165) is 4.68 Å². The molecule has 1 heterocycles. The van der Waals surface area contributed by atoms with E-state index in [0.29, 0.717) is 16.4 Å². The Morgan fingerprint density at radius 3 is 2.59 bits per heavy atom. The Morgan fingerprint density at radius 1 is 1.35 bits per heavy atom. The predicted octanol–water partition coefficient (Wildman–Crippen LogP) is 2.16. The van der Waals surface area contributed by atoms with Gasteiger partial charge in [0, 0.05) is 10.7 Å². The molecule has 0 aliphatic carbocycles. The number of carboxylic acids is 1. The van der Waals surface area contributed by atoms with E-state index in [1.165, 1.54) is 12.1 Å². The molecule has 2 aromatic rings. The number of benzene rings is 1. The van der Waals surface area contributed by atoms with Gasteiger partial charge in [-0.15, -0.1) is 0 Å². The number of hydrogen-bond acceptors (Lipinski definition) is 3. The molecular formula is C10H7BrN2O4. The molecule has 0 saturated carbocycles. The van der Waals surface area contributed by atoms with Gasteiger partial charge in [-0.1, -0.05) is 22.0 Å². The number of alkyl halides is 1. The first-order valence-electron chi connectivity index (χ1n) is 4.59. The molecule has 7 heteroatoms. The van der Waals surface area contributed by atoms with Crippen molar-refractivity contribution in [3.05, 3.63) is 29.5 Å². The summed E-state index contributed by atoms with van der Waals surface area (Å²) in [6, 6.07) is 4.28. The van der Waals surface area contributed by atoms with Crippen LogP contribution < -0.4 is 0 Å². The molecule has 2 rings (SSSR count). The van der Waals surface area contributed by atoms with E-state index >= 15 is 0 Å². The Hall–Kier alpha value is -1.89. The maximum absolute atomic E-state index is 11.0. The lowest BCUT2D eigenvalue weighted by atomic mass is 10.1. The van der Waals surface area contributed by atoms with Crippen molar-refractivity contribution in [3.8, 4) is 0 Å². The van der Waals surface area contributed by atoms with Gasteiger partial charge in [-0.2, -0.15) is 9.78 Å². The fourth-order valence-electron chi connectivity index (χ4n) is 1.56. The smallest absolute Gasteiger partial charge is 0.432 e. The molecule has 0 radical (unpaired) electrons. The summed E-state index contributed by atoms with van der Waals surface area (Å²) in [7, 11) is 0. The molecule has 1 aromatic carbocycles. The van der Waals surface area contributed by atoms with Crippen molar-refractivity contribution in [1.29, 1.82) is 0 Å². The van der Waals surface area contributed by atoms with E-state index in [2.05, 4.69) is 21.0 Å². The average Bonchev–Trinajstić information content (AvgIpc) is 2.66. The minimum Gasteiger partial charge on any atom is -0.478 e. The van der Waals surface area contributed by atoms with Crippen LogP contribution in [0.3, 0.4) is 0 Å². The second-order valence-corrected chi connectivity index (χ2v) is 3.87. The molecule has 88 valence electrons. The van der Waals surface area contributed by atoms with Crippen molar-refractivity contribution in [1.82, 2.24) is 9.78 Å². The number of aromatic carboxylic acids is 1. The molecule has 17 heavy (non-hydrogen) atoms. The SMILES string of the molecule is O=C(O)c1ccc2c(CBr)nn(C(=O)O)c2c1. The van der Waals surface area contributed by atoms with Crippen LogP contribution in [-0.4, -0.2) is 32.1 Å². The highest BCUT2D eigenvalue weighted by Gasteiger charge is 2.15. The number of hydrogen-bond donors (Lipinski definition) is 2. The first kappa shape index (κ1) is 11.6. The van der Waals surface area contributed by atoms with Crippen LogP contribution in [-0.2, 0) is 5.33 Å². The molecule has 0 atom stereocenters. The van der Waals surface area contributed by atoms with Gasteiger partial charge in [0.25, 0.3) is 0 Å². The van der Waals surface area contributed by atoms with Gasteiger partial charge in [-0.05, 0) is 12.1 Å². The second kappa shape index (κ2) is 4.17. The zero-order chi connectivity index (χ0) is 12.6. The minimum absolute atomic E-state index is 0.0287. The third-order valence-electron chi connectivity index (χ3n) is 2.31. The predicted molar refractivity (Wildman–Crippen MR) is 62.7 cm³/mol. The van der Waals surface area contributed by atoms with Crippen LogP contribution >= 0.6 is 15.9 Å². The second-order valence-electron chi connectivity index (χ2n) is 3.31. The van der Waals surface area contributed by atoms with Crippen molar-refractivity contribution < 1.29 is 19.8 Å². The molecular weight excluding hydrogens is 292 g/mol. The first-order chi connectivity index (χ1) is 8.04. The summed E-state index contributed by atoms with van der Waals surface area (Å²) in [6.07, 6.45) is -1.25. The van der Waals surface area contributed by atoms with Crippen LogP contribution in [0.4, 0.5) is 4.79 Å². The molecule has 0 unspecified atom stereocenters. The highest BCUT2D eigenvalue weighted by atomic mass is 79.9. The summed E-state index contributed by atoms with van der Waals surface area (Å²) in [5, 5.41) is 22.7. The Morgan fingerprint density at radius 2 is 2.06 bits per heavy atom. The molecule has 0 bridgehead atoms. The van der Waals surface area contributed by atoms with Gasteiger partial charge < -0.3 is 10.2 Å². The zero-order valence-corrected chi connectivity index (χ0v) is 10.0.